The second-order valence-corrected chi connectivity index (χ2v) is 6.17. The highest BCUT2D eigenvalue weighted by molar-refractivity contribution is 5.78. The summed E-state index contributed by atoms with van der Waals surface area (Å²) < 4.78 is 1.85. The van der Waals surface area contributed by atoms with Gasteiger partial charge in [0.05, 0.1) is 6.54 Å². The molecule has 0 bridgehead atoms. The molecule has 7 heteroatoms. The molecule has 2 heterocycles. The van der Waals surface area contributed by atoms with Crippen LogP contribution in [-0.4, -0.2) is 83.1 Å². The summed E-state index contributed by atoms with van der Waals surface area (Å²) in [5.74, 6) is 0.321. The lowest BCUT2D eigenvalue weighted by atomic mass is 10.2. The maximum Gasteiger partial charge on any atom is 0.236 e. The van der Waals surface area contributed by atoms with E-state index in [2.05, 4.69) is 10.00 Å². The molecule has 0 unspecified atom stereocenters. The van der Waals surface area contributed by atoms with E-state index < -0.39 is 0 Å². The van der Waals surface area contributed by atoms with Gasteiger partial charge in [0.1, 0.15) is 0 Å². The van der Waals surface area contributed by atoms with Crippen LogP contribution in [0.15, 0.2) is 18.5 Å². The normalized spacial score (nSPS) is 16.2. The zero-order valence-corrected chi connectivity index (χ0v) is 14.1. The van der Waals surface area contributed by atoms with Crippen molar-refractivity contribution in [2.75, 3.05) is 46.8 Å². The maximum absolute atomic E-state index is 12.3. The van der Waals surface area contributed by atoms with E-state index >= 15 is 0 Å². The molecule has 2 rings (SSSR count). The molecule has 0 aliphatic carbocycles. The molecule has 128 valence electrons. The van der Waals surface area contributed by atoms with Crippen molar-refractivity contribution in [1.82, 2.24) is 24.5 Å². The molecule has 0 saturated carbocycles. The average molecular weight is 321 g/mol. The van der Waals surface area contributed by atoms with E-state index in [0.717, 1.165) is 39.0 Å². The van der Waals surface area contributed by atoms with Crippen molar-refractivity contribution in [3.05, 3.63) is 18.5 Å². The summed E-state index contributed by atoms with van der Waals surface area (Å²) in [7, 11) is 3.55. The van der Waals surface area contributed by atoms with Gasteiger partial charge in [0.2, 0.25) is 11.8 Å². The van der Waals surface area contributed by atoms with Crippen LogP contribution in [0.3, 0.4) is 0 Å². The second kappa shape index (κ2) is 8.67. The summed E-state index contributed by atoms with van der Waals surface area (Å²) >= 11 is 0. The van der Waals surface area contributed by atoms with Crippen molar-refractivity contribution in [3.8, 4) is 0 Å². The van der Waals surface area contributed by atoms with Crippen LogP contribution >= 0.6 is 0 Å². The molecule has 0 aromatic carbocycles. The van der Waals surface area contributed by atoms with Gasteiger partial charge in [-0.2, -0.15) is 5.10 Å². The van der Waals surface area contributed by atoms with E-state index in [1.165, 1.54) is 0 Å². The predicted molar refractivity (Wildman–Crippen MR) is 87.8 cm³/mol. The van der Waals surface area contributed by atoms with Crippen LogP contribution in [0.2, 0.25) is 0 Å². The maximum atomic E-state index is 12.3. The zero-order chi connectivity index (χ0) is 16.7. The van der Waals surface area contributed by atoms with E-state index in [-0.39, 0.29) is 11.8 Å². The van der Waals surface area contributed by atoms with Crippen LogP contribution in [0, 0.1) is 0 Å². The molecule has 1 saturated heterocycles. The third-order valence-electron chi connectivity index (χ3n) is 4.14. The van der Waals surface area contributed by atoms with Crippen LogP contribution in [0.1, 0.15) is 19.3 Å². The van der Waals surface area contributed by atoms with E-state index in [1.807, 2.05) is 21.8 Å². The highest BCUT2D eigenvalue weighted by Gasteiger charge is 2.20. The number of carbonyl (C=O) groups is 2. The Labute approximate surface area is 137 Å². The Bertz CT molecular complexity index is 501. The van der Waals surface area contributed by atoms with Crippen molar-refractivity contribution < 1.29 is 9.59 Å². The molecule has 1 aliphatic rings. The molecular weight excluding hydrogens is 294 g/mol. The SMILES string of the molecule is CN(C)C(=O)CN1CCCN(C(=O)CCCn2cccn2)CC1. The number of rotatable bonds is 6. The molecule has 0 atom stereocenters. The molecular formula is C16H27N5O2. The molecule has 23 heavy (non-hydrogen) atoms. The van der Waals surface area contributed by atoms with Crippen LogP contribution in [-0.2, 0) is 16.1 Å². The van der Waals surface area contributed by atoms with Gasteiger partial charge in [0.15, 0.2) is 0 Å². The van der Waals surface area contributed by atoms with Gasteiger partial charge in [-0.05, 0) is 18.9 Å². The largest absolute Gasteiger partial charge is 0.348 e. The third kappa shape index (κ3) is 5.67. The lowest BCUT2D eigenvalue weighted by Gasteiger charge is -2.22. The fourth-order valence-corrected chi connectivity index (χ4v) is 2.69. The Morgan fingerprint density at radius 3 is 2.70 bits per heavy atom. The van der Waals surface area contributed by atoms with E-state index in [4.69, 9.17) is 0 Å². The summed E-state index contributed by atoms with van der Waals surface area (Å²) in [6, 6.07) is 1.89. The standard InChI is InChI=1S/C16H27N5O2/c1-18(2)16(23)14-19-8-5-9-20(13-12-19)15(22)6-3-10-21-11-4-7-17-21/h4,7,11H,3,5-6,8-10,12-14H2,1-2H3. The molecule has 1 aromatic heterocycles. The van der Waals surface area contributed by atoms with E-state index in [9.17, 15) is 9.59 Å². The highest BCUT2D eigenvalue weighted by atomic mass is 16.2. The van der Waals surface area contributed by atoms with Gasteiger partial charge in [-0.1, -0.05) is 0 Å². The lowest BCUT2D eigenvalue weighted by molar-refractivity contribution is -0.131. The topological polar surface area (TPSA) is 61.7 Å². The first-order valence-corrected chi connectivity index (χ1v) is 8.24. The van der Waals surface area contributed by atoms with E-state index in [1.54, 1.807) is 25.2 Å². The van der Waals surface area contributed by atoms with Crippen molar-refractivity contribution >= 4 is 11.8 Å². The van der Waals surface area contributed by atoms with Gasteiger partial charge in [0.25, 0.3) is 0 Å². The van der Waals surface area contributed by atoms with Crippen molar-refractivity contribution in [3.63, 3.8) is 0 Å². The van der Waals surface area contributed by atoms with Crippen molar-refractivity contribution in [1.29, 1.82) is 0 Å². The first-order valence-electron chi connectivity index (χ1n) is 8.24. The van der Waals surface area contributed by atoms with E-state index in [0.29, 0.717) is 19.5 Å². The number of nitrogens with zero attached hydrogens (tertiary/aromatic N) is 5. The summed E-state index contributed by atoms with van der Waals surface area (Å²) in [5, 5.41) is 4.14. The highest BCUT2D eigenvalue weighted by Crippen LogP contribution is 2.07. The lowest BCUT2D eigenvalue weighted by Crippen LogP contribution is -2.39. The predicted octanol–water partition coefficient (Wildman–Crippen LogP) is 0.286. The molecule has 0 N–H and O–H groups in total. The fraction of sp³-hybridized carbons (Fsp3) is 0.688. The monoisotopic (exact) mass is 321 g/mol. The van der Waals surface area contributed by atoms with Gasteiger partial charge in [-0.25, -0.2) is 0 Å². The second-order valence-electron chi connectivity index (χ2n) is 6.17. The Hall–Kier alpha value is -1.89. The van der Waals surface area contributed by atoms with Crippen LogP contribution in [0.5, 0.6) is 0 Å². The van der Waals surface area contributed by atoms with Gasteiger partial charge in [-0.15, -0.1) is 0 Å². The minimum Gasteiger partial charge on any atom is -0.348 e. The summed E-state index contributed by atoms with van der Waals surface area (Å²) in [6.07, 6.45) is 5.94. The molecule has 1 aliphatic heterocycles. The van der Waals surface area contributed by atoms with Gasteiger partial charge < -0.3 is 9.80 Å². The molecule has 0 radical (unpaired) electrons. The Balaban J connectivity index is 1.71. The first kappa shape index (κ1) is 17.5. The van der Waals surface area contributed by atoms with Crippen molar-refractivity contribution in [2.24, 2.45) is 0 Å². The Morgan fingerprint density at radius 2 is 2.00 bits per heavy atom. The van der Waals surface area contributed by atoms with Crippen LogP contribution in [0.4, 0.5) is 0 Å². The van der Waals surface area contributed by atoms with Gasteiger partial charge in [0, 0.05) is 65.6 Å². The summed E-state index contributed by atoms with van der Waals surface area (Å²) in [5.41, 5.74) is 0. The molecule has 2 amide bonds. The molecule has 1 fully saturated rings. The summed E-state index contributed by atoms with van der Waals surface area (Å²) in [4.78, 5) is 29.8. The van der Waals surface area contributed by atoms with Crippen LogP contribution in [0.25, 0.3) is 0 Å². The Morgan fingerprint density at radius 1 is 1.17 bits per heavy atom. The zero-order valence-electron chi connectivity index (χ0n) is 14.1. The number of aryl methyl sites for hydroxylation is 1. The van der Waals surface area contributed by atoms with Gasteiger partial charge in [-0.3, -0.25) is 19.2 Å². The Kier molecular flexibility index (Phi) is 6.58. The number of hydrogen-bond acceptors (Lipinski definition) is 4. The number of likely N-dealkylation sites (N-methyl/N-ethyl adjacent to an activating group) is 1. The number of hydrogen-bond donors (Lipinski definition) is 0. The molecule has 0 spiro atoms. The smallest absolute Gasteiger partial charge is 0.236 e. The number of amides is 2. The first-order chi connectivity index (χ1) is 11.1. The third-order valence-corrected chi connectivity index (χ3v) is 4.14. The molecule has 1 aromatic rings. The molecule has 7 nitrogen and oxygen atoms in total. The van der Waals surface area contributed by atoms with Crippen molar-refractivity contribution in [2.45, 2.75) is 25.8 Å². The average Bonchev–Trinajstić information content (AvgIpc) is 2.92. The summed E-state index contributed by atoms with van der Waals surface area (Å²) in [6.45, 7) is 4.35. The fourth-order valence-electron chi connectivity index (χ4n) is 2.69. The number of aromatic nitrogens is 2. The minimum atomic E-state index is 0.115. The number of carbonyl (C=O) groups excluding carboxylic acids is 2. The minimum absolute atomic E-state index is 0.115. The quantitative estimate of drug-likeness (QED) is 0.755. The van der Waals surface area contributed by atoms with Gasteiger partial charge >= 0.3 is 0 Å². The van der Waals surface area contributed by atoms with Crippen LogP contribution < -0.4 is 0 Å².